The number of halogens is 3. The Kier molecular flexibility index (Phi) is 5.56. The third-order valence-electron chi connectivity index (χ3n) is 5.75. The summed E-state index contributed by atoms with van der Waals surface area (Å²) in [5.41, 5.74) is 8.53. The van der Waals surface area contributed by atoms with Crippen LogP contribution in [0.25, 0.3) is 33.2 Å². The number of aromatic amines is 1. The Balaban J connectivity index is 1.56. The molecule has 1 aliphatic rings. The number of rotatable bonds is 4. The highest BCUT2D eigenvalue weighted by atomic mass is 19.4. The van der Waals surface area contributed by atoms with Gasteiger partial charge in [0, 0.05) is 35.1 Å². The number of morpholine rings is 1. The summed E-state index contributed by atoms with van der Waals surface area (Å²) in [5.74, 6) is -1.20. The molecule has 0 spiro atoms. The molecule has 2 aromatic carbocycles. The van der Waals surface area contributed by atoms with Crippen LogP contribution in [-0.4, -0.2) is 59.3 Å². The summed E-state index contributed by atoms with van der Waals surface area (Å²) in [6.45, 7) is 1.98. The van der Waals surface area contributed by atoms with Crippen LogP contribution in [0.15, 0.2) is 48.5 Å². The van der Waals surface area contributed by atoms with E-state index in [2.05, 4.69) is 14.7 Å². The van der Waals surface area contributed by atoms with Gasteiger partial charge in [0.25, 0.3) is 11.8 Å². The van der Waals surface area contributed by atoms with Crippen molar-refractivity contribution in [1.29, 1.82) is 0 Å². The summed E-state index contributed by atoms with van der Waals surface area (Å²) >= 11 is 0. The normalized spacial score (nSPS) is 14.4. The number of H-pyrrole nitrogens is 1. The molecule has 2 aromatic heterocycles. The van der Waals surface area contributed by atoms with E-state index in [1.807, 2.05) is 0 Å². The van der Waals surface area contributed by atoms with Gasteiger partial charge in [0.1, 0.15) is 5.75 Å². The zero-order valence-corrected chi connectivity index (χ0v) is 18.2. The molecule has 11 heteroatoms. The van der Waals surface area contributed by atoms with Crippen LogP contribution in [0.5, 0.6) is 5.75 Å². The fourth-order valence-electron chi connectivity index (χ4n) is 4.11. The zero-order valence-electron chi connectivity index (χ0n) is 18.2. The maximum atomic E-state index is 12.9. The van der Waals surface area contributed by atoms with Crippen molar-refractivity contribution >= 4 is 33.8 Å². The summed E-state index contributed by atoms with van der Waals surface area (Å²) in [6, 6.07) is 11.7. The molecule has 0 bridgehead atoms. The molecule has 35 heavy (non-hydrogen) atoms. The summed E-state index contributed by atoms with van der Waals surface area (Å²) in [7, 11) is 0. The van der Waals surface area contributed by atoms with Gasteiger partial charge in [0.15, 0.2) is 0 Å². The second-order valence-electron chi connectivity index (χ2n) is 8.01. The Bertz CT molecular complexity index is 1440. The molecular weight excluding hydrogens is 465 g/mol. The van der Waals surface area contributed by atoms with Crippen LogP contribution in [0.1, 0.15) is 20.7 Å². The number of alkyl halides is 3. The second-order valence-corrected chi connectivity index (χ2v) is 8.01. The van der Waals surface area contributed by atoms with Crippen molar-refractivity contribution in [3.05, 3.63) is 59.7 Å². The lowest BCUT2D eigenvalue weighted by molar-refractivity contribution is -0.274. The minimum atomic E-state index is -4.80. The standard InChI is InChI=1S/C24H19F3N4O4/c25-24(26,27)35-15-4-1-13(2-5-15)18-12-17(22(28)32)21-20(29-18)16-6-3-14(11-19(16)30-21)23(33)31-7-9-34-10-8-31/h1-6,11-12,30H,7-10H2,(H2,28,32). The van der Waals surface area contributed by atoms with Crippen LogP contribution in [0, 0.1) is 0 Å². The third kappa shape index (κ3) is 4.50. The molecule has 0 saturated carbocycles. The first-order valence-electron chi connectivity index (χ1n) is 10.7. The molecular formula is C24H19F3N4O4. The van der Waals surface area contributed by atoms with Crippen molar-refractivity contribution in [2.45, 2.75) is 6.36 Å². The molecule has 3 heterocycles. The van der Waals surface area contributed by atoms with E-state index in [1.165, 1.54) is 18.2 Å². The van der Waals surface area contributed by atoms with E-state index in [1.54, 1.807) is 23.1 Å². The van der Waals surface area contributed by atoms with Gasteiger partial charge in [-0.3, -0.25) is 9.59 Å². The predicted molar refractivity (Wildman–Crippen MR) is 121 cm³/mol. The second kappa shape index (κ2) is 8.58. The van der Waals surface area contributed by atoms with Gasteiger partial charge in [-0.1, -0.05) is 0 Å². The lowest BCUT2D eigenvalue weighted by Gasteiger charge is -2.26. The van der Waals surface area contributed by atoms with Crippen LogP contribution >= 0.6 is 0 Å². The summed E-state index contributed by atoms with van der Waals surface area (Å²) in [6.07, 6.45) is -4.80. The van der Waals surface area contributed by atoms with Crippen LogP contribution in [0.4, 0.5) is 13.2 Å². The third-order valence-corrected chi connectivity index (χ3v) is 5.75. The molecule has 1 fully saturated rings. The number of nitrogens with one attached hydrogen (secondary N) is 1. The van der Waals surface area contributed by atoms with Crippen molar-refractivity contribution < 1.29 is 32.2 Å². The smallest absolute Gasteiger partial charge is 0.406 e. The van der Waals surface area contributed by atoms with E-state index in [0.717, 1.165) is 12.1 Å². The van der Waals surface area contributed by atoms with Crippen molar-refractivity contribution in [2.24, 2.45) is 5.73 Å². The molecule has 5 rings (SSSR count). The molecule has 0 aliphatic carbocycles. The van der Waals surface area contributed by atoms with Gasteiger partial charge in [-0.2, -0.15) is 0 Å². The van der Waals surface area contributed by atoms with Crippen molar-refractivity contribution in [1.82, 2.24) is 14.9 Å². The molecule has 0 atom stereocenters. The Morgan fingerprint density at radius 3 is 2.43 bits per heavy atom. The average Bonchev–Trinajstić information content (AvgIpc) is 3.20. The van der Waals surface area contributed by atoms with Gasteiger partial charge in [0.2, 0.25) is 0 Å². The van der Waals surface area contributed by atoms with Crippen LogP contribution < -0.4 is 10.5 Å². The Morgan fingerprint density at radius 1 is 1.06 bits per heavy atom. The maximum absolute atomic E-state index is 12.9. The number of benzene rings is 2. The highest BCUT2D eigenvalue weighted by molar-refractivity contribution is 6.14. The molecule has 2 amide bonds. The van der Waals surface area contributed by atoms with Crippen LogP contribution in [0.2, 0.25) is 0 Å². The highest BCUT2D eigenvalue weighted by Crippen LogP contribution is 2.32. The van der Waals surface area contributed by atoms with Crippen LogP contribution in [-0.2, 0) is 4.74 Å². The number of fused-ring (bicyclic) bond motifs is 3. The van der Waals surface area contributed by atoms with Gasteiger partial charge < -0.3 is 25.1 Å². The van der Waals surface area contributed by atoms with Crippen molar-refractivity contribution in [3.63, 3.8) is 0 Å². The number of hydrogen-bond donors (Lipinski definition) is 2. The van der Waals surface area contributed by atoms with Gasteiger partial charge in [-0.15, -0.1) is 13.2 Å². The number of primary amides is 1. The number of carbonyl (C=O) groups is 2. The van der Waals surface area contributed by atoms with E-state index in [4.69, 9.17) is 10.5 Å². The van der Waals surface area contributed by atoms with Crippen molar-refractivity contribution in [3.8, 4) is 17.0 Å². The summed E-state index contributed by atoms with van der Waals surface area (Å²) in [5, 5.41) is 0.667. The molecule has 8 nitrogen and oxygen atoms in total. The predicted octanol–water partition coefficient (Wildman–Crippen LogP) is 3.85. The van der Waals surface area contributed by atoms with E-state index in [-0.39, 0.29) is 17.2 Å². The summed E-state index contributed by atoms with van der Waals surface area (Å²) in [4.78, 5) is 34.6. The van der Waals surface area contributed by atoms with E-state index >= 15 is 0 Å². The maximum Gasteiger partial charge on any atom is 0.573 e. The molecule has 3 N–H and O–H groups in total. The monoisotopic (exact) mass is 484 g/mol. The van der Waals surface area contributed by atoms with Crippen LogP contribution in [0.3, 0.4) is 0 Å². The molecule has 0 unspecified atom stereocenters. The molecule has 1 aliphatic heterocycles. The number of pyridine rings is 1. The first-order chi connectivity index (χ1) is 16.7. The minimum Gasteiger partial charge on any atom is -0.406 e. The van der Waals surface area contributed by atoms with Gasteiger partial charge in [-0.25, -0.2) is 4.98 Å². The summed E-state index contributed by atoms with van der Waals surface area (Å²) < 4.78 is 46.6. The number of amides is 2. The van der Waals surface area contributed by atoms with Crippen molar-refractivity contribution in [2.75, 3.05) is 26.3 Å². The SMILES string of the molecule is NC(=O)c1cc(-c2ccc(OC(F)(F)F)cc2)nc2c1[nH]c1cc(C(=O)N3CCOCC3)ccc12. The first-order valence-corrected chi connectivity index (χ1v) is 10.7. The lowest BCUT2D eigenvalue weighted by Crippen LogP contribution is -2.40. The van der Waals surface area contributed by atoms with Gasteiger partial charge in [-0.05, 0) is 48.5 Å². The number of nitrogens with zero attached hydrogens (tertiary/aromatic N) is 2. The fraction of sp³-hybridized carbons (Fsp3) is 0.208. The number of aromatic nitrogens is 2. The van der Waals surface area contributed by atoms with E-state index < -0.39 is 12.3 Å². The fourth-order valence-corrected chi connectivity index (χ4v) is 4.11. The Hall–Kier alpha value is -4.12. The van der Waals surface area contributed by atoms with Gasteiger partial charge in [0.05, 0.1) is 35.5 Å². The topological polar surface area (TPSA) is 111 Å². The number of hydrogen-bond acceptors (Lipinski definition) is 5. The largest absolute Gasteiger partial charge is 0.573 e. The molecule has 4 aromatic rings. The zero-order chi connectivity index (χ0) is 24.7. The first kappa shape index (κ1) is 22.7. The van der Waals surface area contributed by atoms with E-state index in [0.29, 0.717) is 65.1 Å². The van der Waals surface area contributed by atoms with E-state index in [9.17, 15) is 22.8 Å². The number of nitrogens with two attached hydrogens (primary N) is 1. The molecule has 180 valence electrons. The quantitative estimate of drug-likeness (QED) is 0.457. The number of carbonyl (C=O) groups excluding carboxylic acids is 2. The highest BCUT2D eigenvalue weighted by Gasteiger charge is 2.31. The lowest BCUT2D eigenvalue weighted by atomic mass is 10.1. The Labute approximate surface area is 196 Å². The molecule has 0 radical (unpaired) electrons. The minimum absolute atomic E-state index is 0.126. The average molecular weight is 484 g/mol. The number of ether oxygens (including phenoxy) is 2. The molecule has 1 saturated heterocycles. The Morgan fingerprint density at radius 2 is 1.77 bits per heavy atom. The van der Waals surface area contributed by atoms with Gasteiger partial charge >= 0.3 is 6.36 Å².